The quantitative estimate of drug-likeness (QED) is 0.774. The molecule has 0 saturated carbocycles. The van der Waals surface area contributed by atoms with Gasteiger partial charge in [0.1, 0.15) is 12.0 Å². The number of aliphatic imine (C=N–C) groups is 1. The van der Waals surface area contributed by atoms with Gasteiger partial charge in [-0.05, 0) is 12.5 Å². The lowest BCUT2D eigenvalue weighted by atomic mass is 10.2. The van der Waals surface area contributed by atoms with Crippen LogP contribution in [0.2, 0.25) is 0 Å². The molecular formula is C14H30N4. The predicted octanol–water partition coefficient (Wildman–Crippen LogP) is 3.77. The summed E-state index contributed by atoms with van der Waals surface area (Å²) < 4.78 is 0. The standard InChI is InChI=1S/C8H12N4.3C2H6/c1-4-6(2)7-8(9)10-5-11-12(7)3;3*1-2/h4-5H,1H2,2-3H3,(H2,9,10,11);3*1-2H3/b7-6-;;;. The first-order valence-electron chi connectivity index (χ1n) is 6.60. The predicted molar refractivity (Wildman–Crippen MR) is 84.8 cm³/mol. The summed E-state index contributed by atoms with van der Waals surface area (Å²) in [5.41, 5.74) is 7.44. The Labute approximate surface area is 113 Å². The van der Waals surface area contributed by atoms with Gasteiger partial charge in [0.2, 0.25) is 0 Å². The molecule has 0 aliphatic carbocycles. The summed E-state index contributed by atoms with van der Waals surface area (Å²) in [5, 5.41) is 5.65. The Balaban J connectivity index is -0.000000328. The highest BCUT2D eigenvalue weighted by atomic mass is 15.5. The Kier molecular flexibility index (Phi) is 18.6. The van der Waals surface area contributed by atoms with E-state index in [9.17, 15) is 0 Å². The van der Waals surface area contributed by atoms with Crippen LogP contribution in [0.3, 0.4) is 0 Å². The number of hydrogen-bond acceptors (Lipinski definition) is 4. The third kappa shape index (κ3) is 7.65. The van der Waals surface area contributed by atoms with Crippen LogP contribution < -0.4 is 5.73 Å². The summed E-state index contributed by atoms with van der Waals surface area (Å²) >= 11 is 0. The number of nitrogens with two attached hydrogens (primary N) is 1. The summed E-state index contributed by atoms with van der Waals surface area (Å²) in [4.78, 5) is 3.89. The Hall–Kier alpha value is -1.58. The minimum Gasteiger partial charge on any atom is -0.382 e. The number of hydrazone groups is 1. The highest BCUT2D eigenvalue weighted by Gasteiger charge is 2.12. The second-order valence-electron chi connectivity index (χ2n) is 2.50. The van der Waals surface area contributed by atoms with Crippen LogP contribution in [0.5, 0.6) is 0 Å². The van der Waals surface area contributed by atoms with Crippen LogP contribution >= 0.6 is 0 Å². The summed E-state index contributed by atoms with van der Waals surface area (Å²) in [5.74, 6) is 0.477. The van der Waals surface area contributed by atoms with Crippen molar-refractivity contribution >= 4 is 12.2 Å². The third-order valence-corrected chi connectivity index (χ3v) is 1.67. The molecule has 0 bridgehead atoms. The molecular weight excluding hydrogens is 224 g/mol. The number of rotatable bonds is 1. The van der Waals surface area contributed by atoms with Crippen LogP contribution in [0.1, 0.15) is 48.5 Å². The molecule has 4 nitrogen and oxygen atoms in total. The maximum absolute atomic E-state index is 5.66. The van der Waals surface area contributed by atoms with E-state index >= 15 is 0 Å². The summed E-state index contributed by atoms with van der Waals surface area (Å²) in [6, 6.07) is 0. The van der Waals surface area contributed by atoms with Crippen molar-refractivity contribution in [1.29, 1.82) is 0 Å². The molecule has 0 spiro atoms. The molecule has 0 fully saturated rings. The highest BCUT2D eigenvalue weighted by Crippen LogP contribution is 2.12. The van der Waals surface area contributed by atoms with Crippen molar-refractivity contribution in [3.63, 3.8) is 0 Å². The zero-order chi connectivity index (χ0) is 15.1. The Bertz CT molecular complexity index is 288. The number of amidine groups is 1. The monoisotopic (exact) mass is 254 g/mol. The molecule has 1 aliphatic rings. The van der Waals surface area contributed by atoms with E-state index in [-0.39, 0.29) is 0 Å². The van der Waals surface area contributed by atoms with Crippen molar-refractivity contribution in [1.82, 2.24) is 5.01 Å². The van der Waals surface area contributed by atoms with Gasteiger partial charge in [0.15, 0.2) is 5.84 Å². The van der Waals surface area contributed by atoms with Gasteiger partial charge in [0.05, 0.1) is 0 Å². The van der Waals surface area contributed by atoms with E-state index in [1.54, 1.807) is 11.1 Å². The summed E-state index contributed by atoms with van der Waals surface area (Å²) in [6.07, 6.45) is 3.16. The third-order valence-electron chi connectivity index (χ3n) is 1.67. The van der Waals surface area contributed by atoms with Crippen LogP contribution in [0.15, 0.2) is 34.0 Å². The molecule has 1 heterocycles. The molecule has 0 radical (unpaired) electrons. The van der Waals surface area contributed by atoms with Crippen LogP contribution in [0.25, 0.3) is 0 Å². The van der Waals surface area contributed by atoms with Crippen molar-refractivity contribution in [2.24, 2.45) is 15.8 Å². The Morgan fingerprint density at radius 1 is 1.22 bits per heavy atom. The molecule has 18 heavy (non-hydrogen) atoms. The minimum atomic E-state index is 0.477. The van der Waals surface area contributed by atoms with Crippen molar-refractivity contribution in [2.75, 3.05) is 7.05 Å². The molecule has 0 aromatic heterocycles. The largest absolute Gasteiger partial charge is 0.382 e. The van der Waals surface area contributed by atoms with E-state index in [4.69, 9.17) is 5.73 Å². The second kappa shape index (κ2) is 15.4. The maximum Gasteiger partial charge on any atom is 0.151 e. The fourth-order valence-corrected chi connectivity index (χ4v) is 1.00. The van der Waals surface area contributed by atoms with Gasteiger partial charge < -0.3 is 5.73 Å². The van der Waals surface area contributed by atoms with Crippen molar-refractivity contribution in [2.45, 2.75) is 48.5 Å². The molecule has 2 N–H and O–H groups in total. The van der Waals surface area contributed by atoms with E-state index in [1.165, 1.54) is 6.34 Å². The molecule has 0 amide bonds. The van der Waals surface area contributed by atoms with Gasteiger partial charge in [-0.3, -0.25) is 5.01 Å². The Morgan fingerprint density at radius 2 is 1.67 bits per heavy atom. The molecule has 0 aromatic rings. The molecule has 0 aromatic carbocycles. The molecule has 0 atom stereocenters. The lowest BCUT2D eigenvalue weighted by Crippen LogP contribution is -2.29. The SMILES string of the molecule is C=C/C(C)=C1/C(N)=NC=NN1C.CC.CC.CC. The first kappa shape index (κ1) is 21.7. The number of nitrogens with zero attached hydrogens (tertiary/aromatic N) is 3. The van der Waals surface area contributed by atoms with Gasteiger partial charge in [-0.15, -0.1) is 0 Å². The van der Waals surface area contributed by atoms with Gasteiger partial charge >= 0.3 is 0 Å². The number of likely N-dealkylation sites (N-methyl/N-ethyl adjacent to an activating group) is 1. The topological polar surface area (TPSA) is 54.0 Å². The zero-order valence-corrected chi connectivity index (χ0v) is 13.3. The molecule has 1 aliphatic heterocycles. The van der Waals surface area contributed by atoms with Crippen molar-refractivity contribution in [3.8, 4) is 0 Å². The van der Waals surface area contributed by atoms with Crippen molar-refractivity contribution < 1.29 is 0 Å². The average molecular weight is 254 g/mol. The van der Waals surface area contributed by atoms with Crippen LogP contribution in [0, 0.1) is 0 Å². The Morgan fingerprint density at radius 3 is 2.00 bits per heavy atom. The van der Waals surface area contributed by atoms with Crippen LogP contribution in [-0.2, 0) is 0 Å². The zero-order valence-electron chi connectivity index (χ0n) is 13.3. The normalized spacial score (nSPS) is 14.7. The van der Waals surface area contributed by atoms with Gasteiger partial charge in [-0.1, -0.05) is 54.2 Å². The van der Waals surface area contributed by atoms with Crippen LogP contribution in [-0.4, -0.2) is 24.2 Å². The van der Waals surface area contributed by atoms with Crippen molar-refractivity contribution in [3.05, 3.63) is 23.9 Å². The molecule has 106 valence electrons. The maximum atomic E-state index is 5.66. The molecule has 0 saturated heterocycles. The summed E-state index contributed by atoms with van der Waals surface area (Å²) in [7, 11) is 1.82. The average Bonchev–Trinajstić information content (AvgIpc) is 2.45. The summed E-state index contributed by atoms with van der Waals surface area (Å²) in [6.45, 7) is 17.6. The van der Waals surface area contributed by atoms with Gasteiger partial charge in [-0.2, -0.15) is 5.10 Å². The van der Waals surface area contributed by atoms with E-state index < -0.39 is 0 Å². The van der Waals surface area contributed by atoms with E-state index in [2.05, 4.69) is 16.7 Å². The smallest absolute Gasteiger partial charge is 0.151 e. The number of hydrogen-bond donors (Lipinski definition) is 1. The van der Waals surface area contributed by atoms with Gasteiger partial charge in [0.25, 0.3) is 0 Å². The van der Waals surface area contributed by atoms with Crippen LogP contribution in [0.4, 0.5) is 0 Å². The highest BCUT2D eigenvalue weighted by molar-refractivity contribution is 6.02. The van der Waals surface area contributed by atoms with Gasteiger partial charge in [0, 0.05) is 7.05 Å². The van der Waals surface area contributed by atoms with E-state index in [0.717, 1.165) is 11.3 Å². The first-order valence-corrected chi connectivity index (χ1v) is 6.60. The molecule has 0 unspecified atom stereocenters. The number of allylic oxidation sites excluding steroid dienone is 2. The minimum absolute atomic E-state index is 0.477. The lowest BCUT2D eigenvalue weighted by Gasteiger charge is -2.20. The van der Waals surface area contributed by atoms with E-state index in [0.29, 0.717) is 5.84 Å². The second-order valence-corrected chi connectivity index (χ2v) is 2.50. The molecule has 4 heteroatoms. The lowest BCUT2D eigenvalue weighted by molar-refractivity contribution is 0.462. The molecule has 1 rings (SSSR count). The fourth-order valence-electron chi connectivity index (χ4n) is 1.00. The van der Waals surface area contributed by atoms with Gasteiger partial charge in [-0.25, -0.2) is 4.99 Å². The van der Waals surface area contributed by atoms with E-state index in [1.807, 2.05) is 55.5 Å². The fraction of sp³-hybridized carbons (Fsp3) is 0.571. The first-order chi connectivity index (χ1) is 8.66.